The van der Waals surface area contributed by atoms with Crippen LogP contribution in [0.1, 0.15) is 49.8 Å². The normalized spacial score (nSPS) is 27.4. The number of unbranched alkanes of at least 4 members (excludes halogenated alkanes) is 2. The first-order valence-electron chi connectivity index (χ1n) is 7.23. The van der Waals surface area contributed by atoms with Crippen LogP contribution >= 0.6 is 39.3 Å². The topological polar surface area (TPSA) is 0 Å². The molecule has 1 fully saturated rings. The molecule has 0 N–H and O–H groups in total. The first-order valence-corrected chi connectivity index (χ1v) is 9.51. The van der Waals surface area contributed by atoms with Crippen molar-refractivity contribution in [3.8, 4) is 0 Å². The van der Waals surface area contributed by atoms with Crippen LogP contribution in [0.4, 0.5) is 0 Å². The lowest BCUT2D eigenvalue weighted by Gasteiger charge is -2.35. The van der Waals surface area contributed by atoms with Crippen LogP contribution < -0.4 is 0 Å². The van der Waals surface area contributed by atoms with Crippen LogP contribution in [-0.2, 0) is 0 Å². The molecule has 0 radical (unpaired) electrons. The minimum atomic E-state index is 0.353. The van der Waals surface area contributed by atoms with Crippen LogP contribution in [-0.4, -0.2) is 11.1 Å². The number of alkyl halides is 1. The van der Waals surface area contributed by atoms with Crippen molar-refractivity contribution < 1.29 is 0 Å². The summed E-state index contributed by atoms with van der Waals surface area (Å²) in [7, 11) is 0. The van der Waals surface area contributed by atoms with E-state index >= 15 is 0 Å². The van der Waals surface area contributed by atoms with Gasteiger partial charge >= 0.3 is 0 Å². The van der Waals surface area contributed by atoms with Gasteiger partial charge in [0.1, 0.15) is 0 Å². The Morgan fingerprint density at radius 3 is 2.68 bits per heavy atom. The molecule has 3 heteroatoms. The Morgan fingerprint density at radius 2 is 2.00 bits per heavy atom. The van der Waals surface area contributed by atoms with Crippen LogP contribution in [0.5, 0.6) is 0 Å². The molecule has 0 aromatic heterocycles. The Hall–Kier alpha value is 0.340. The molecule has 0 bridgehead atoms. The van der Waals surface area contributed by atoms with Gasteiger partial charge in [0.25, 0.3) is 0 Å². The predicted octanol–water partition coefficient (Wildman–Crippen LogP) is 6.43. The Balaban J connectivity index is 2.08. The number of halogens is 2. The molecule has 1 aliphatic heterocycles. The van der Waals surface area contributed by atoms with Crippen LogP contribution in [0.25, 0.3) is 0 Å². The van der Waals surface area contributed by atoms with Crippen molar-refractivity contribution in [2.24, 2.45) is 5.92 Å². The highest BCUT2D eigenvalue weighted by Gasteiger charge is 2.33. The van der Waals surface area contributed by atoms with Gasteiger partial charge in [-0.25, -0.2) is 0 Å². The van der Waals surface area contributed by atoms with Crippen molar-refractivity contribution in [2.45, 2.75) is 49.7 Å². The zero-order chi connectivity index (χ0) is 13.7. The smallest absolute Gasteiger partial charge is 0.0385 e. The fourth-order valence-electron chi connectivity index (χ4n) is 2.79. The van der Waals surface area contributed by atoms with Gasteiger partial charge in [-0.3, -0.25) is 0 Å². The minimum absolute atomic E-state index is 0.353. The summed E-state index contributed by atoms with van der Waals surface area (Å²) in [4.78, 5) is 0. The second kappa shape index (κ2) is 7.95. The van der Waals surface area contributed by atoms with Gasteiger partial charge < -0.3 is 0 Å². The highest BCUT2D eigenvalue weighted by Crippen LogP contribution is 2.47. The second-order valence-corrected chi connectivity index (χ2v) is 8.03. The number of benzene rings is 1. The van der Waals surface area contributed by atoms with E-state index in [1.54, 1.807) is 0 Å². The fraction of sp³-hybridized carbons (Fsp3) is 0.625. The minimum Gasteiger partial charge on any atom is -0.153 e. The number of rotatable bonds is 5. The van der Waals surface area contributed by atoms with Gasteiger partial charge in [-0.15, -0.1) is 11.6 Å². The molecule has 0 spiro atoms. The summed E-state index contributed by atoms with van der Waals surface area (Å²) >= 11 is 12.2. The Morgan fingerprint density at radius 1 is 1.26 bits per heavy atom. The predicted molar refractivity (Wildman–Crippen MR) is 91.2 cm³/mol. The monoisotopic (exact) mass is 360 g/mol. The molecule has 1 aliphatic rings. The molecule has 0 amide bonds. The third-order valence-electron chi connectivity index (χ3n) is 3.88. The van der Waals surface area contributed by atoms with Crippen LogP contribution in [0.3, 0.4) is 0 Å². The third kappa shape index (κ3) is 4.41. The molecule has 1 saturated heterocycles. The highest BCUT2D eigenvalue weighted by atomic mass is 79.9. The van der Waals surface area contributed by atoms with Crippen LogP contribution in [0.15, 0.2) is 28.7 Å². The average molecular weight is 362 g/mol. The first-order chi connectivity index (χ1) is 9.22. The summed E-state index contributed by atoms with van der Waals surface area (Å²) in [6.07, 6.45) is 6.37. The molecular formula is C16H22BrClS. The van der Waals surface area contributed by atoms with Crippen molar-refractivity contribution >= 4 is 39.3 Å². The van der Waals surface area contributed by atoms with Crippen LogP contribution in [0.2, 0.25) is 0 Å². The van der Waals surface area contributed by atoms with Gasteiger partial charge in [0.05, 0.1) is 0 Å². The lowest BCUT2D eigenvalue weighted by molar-refractivity contribution is 0.413. The average Bonchev–Trinajstić information content (AvgIpc) is 2.42. The Bertz CT molecular complexity index is 379. The van der Waals surface area contributed by atoms with E-state index in [9.17, 15) is 0 Å². The summed E-state index contributed by atoms with van der Waals surface area (Å²) in [5, 5.41) is 0.938. The molecule has 3 atom stereocenters. The van der Waals surface area contributed by atoms with E-state index in [4.69, 9.17) is 11.6 Å². The second-order valence-electron chi connectivity index (χ2n) is 5.31. The molecule has 0 unspecified atom stereocenters. The summed E-state index contributed by atoms with van der Waals surface area (Å²) < 4.78 is 1.15. The van der Waals surface area contributed by atoms with Crippen molar-refractivity contribution in [1.82, 2.24) is 0 Å². The van der Waals surface area contributed by atoms with Gasteiger partial charge in [-0.2, -0.15) is 11.8 Å². The van der Waals surface area contributed by atoms with Crippen molar-refractivity contribution in [2.75, 3.05) is 5.75 Å². The van der Waals surface area contributed by atoms with E-state index < -0.39 is 0 Å². The maximum Gasteiger partial charge on any atom is 0.0385 e. The summed E-state index contributed by atoms with van der Waals surface area (Å²) in [6, 6.07) is 8.81. The highest BCUT2D eigenvalue weighted by molar-refractivity contribution is 9.10. The van der Waals surface area contributed by atoms with E-state index in [0.717, 1.165) is 10.9 Å². The van der Waals surface area contributed by atoms with Crippen molar-refractivity contribution in [3.63, 3.8) is 0 Å². The van der Waals surface area contributed by atoms with E-state index in [2.05, 4.69) is 58.9 Å². The zero-order valence-electron chi connectivity index (χ0n) is 11.4. The zero-order valence-corrected chi connectivity index (χ0v) is 14.6. The molecule has 1 aromatic rings. The maximum atomic E-state index is 6.61. The molecule has 19 heavy (non-hydrogen) atoms. The number of hydrogen-bond donors (Lipinski definition) is 0. The fourth-order valence-corrected chi connectivity index (χ4v) is 5.22. The number of thioether (sulfide) groups is 1. The van der Waals surface area contributed by atoms with Gasteiger partial charge in [0.2, 0.25) is 0 Å². The number of hydrogen-bond acceptors (Lipinski definition) is 1. The summed E-state index contributed by atoms with van der Waals surface area (Å²) in [5.74, 6) is 1.83. The van der Waals surface area contributed by atoms with Crippen LogP contribution in [0, 0.1) is 5.92 Å². The van der Waals surface area contributed by atoms with E-state index in [1.165, 1.54) is 37.0 Å². The summed E-state index contributed by atoms with van der Waals surface area (Å²) in [5.41, 5.74) is 1.44. The quantitative estimate of drug-likeness (QED) is 0.430. The third-order valence-corrected chi connectivity index (χ3v) is 6.41. The molecule has 1 heterocycles. The van der Waals surface area contributed by atoms with Crippen molar-refractivity contribution in [1.29, 1.82) is 0 Å². The molecule has 0 saturated carbocycles. The maximum absolute atomic E-state index is 6.61. The molecule has 106 valence electrons. The van der Waals surface area contributed by atoms with Gasteiger partial charge in [0, 0.05) is 15.1 Å². The molecule has 2 rings (SSSR count). The van der Waals surface area contributed by atoms with E-state index in [1.807, 2.05) is 0 Å². The molecule has 0 nitrogen and oxygen atoms in total. The lowest BCUT2D eigenvalue weighted by atomic mass is 9.88. The molecule has 0 aliphatic carbocycles. The van der Waals surface area contributed by atoms with Gasteiger partial charge in [-0.1, -0.05) is 54.2 Å². The molecule has 1 aromatic carbocycles. The van der Waals surface area contributed by atoms with Gasteiger partial charge in [0.15, 0.2) is 0 Å². The largest absolute Gasteiger partial charge is 0.153 e. The first kappa shape index (κ1) is 15.7. The van der Waals surface area contributed by atoms with E-state index in [-0.39, 0.29) is 0 Å². The Kier molecular flexibility index (Phi) is 6.58. The van der Waals surface area contributed by atoms with Crippen molar-refractivity contribution in [3.05, 3.63) is 34.3 Å². The lowest BCUT2D eigenvalue weighted by Crippen LogP contribution is -2.26. The summed E-state index contributed by atoms with van der Waals surface area (Å²) in [6.45, 7) is 2.26. The Labute approximate surface area is 134 Å². The van der Waals surface area contributed by atoms with E-state index in [0.29, 0.717) is 16.5 Å². The molecular weight excluding hydrogens is 340 g/mol. The SMILES string of the molecule is CCCCC[C@@H]1[C@@H](Cl)CCS[C@H]1c1ccc(Br)cc1. The van der Waals surface area contributed by atoms with Gasteiger partial charge in [-0.05, 0) is 42.2 Å². The standard InChI is InChI=1S/C16H22BrClS/c1-2-3-4-5-14-15(18)10-11-19-16(14)12-6-8-13(17)9-7-12/h6-9,14-16H,2-5,10-11H2,1H3/t14-,15+,16+/m1/s1.